The molecule has 3 aromatic rings. The minimum absolute atomic E-state index is 0.107. The largest absolute Gasteiger partial charge is 0.350 e. The van der Waals surface area contributed by atoms with Crippen molar-refractivity contribution in [2.45, 2.75) is 55.8 Å². The third kappa shape index (κ3) is 3.49. The van der Waals surface area contributed by atoms with Gasteiger partial charge in [-0.15, -0.1) is 5.10 Å². The van der Waals surface area contributed by atoms with E-state index in [0.717, 1.165) is 10.6 Å². The molecule has 1 aromatic carbocycles. The molecule has 1 fully saturated rings. The van der Waals surface area contributed by atoms with Crippen LogP contribution in [0.4, 0.5) is 0 Å². The monoisotopic (exact) mass is 354 g/mol. The van der Waals surface area contributed by atoms with E-state index in [4.69, 9.17) is 0 Å². The first kappa shape index (κ1) is 16.4. The Bertz CT molecular complexity index is 940. The molecule has 25 heavy (non-hydrogen) atoms. The molecule has 2 aromatic heterocycles. The zero-order valence-corrected chi connectivity index (χ0v) is 15.2. The topological polar surface area (TPSA) is 52.2 Å². The average molecular weight is 354 g/mol. The number of hydrogen-bond donors (Lipinski definition) is 0. The molecular formula is C19H22N4OS. The van der Waals surface area contributed by atoms with Crippen molar-refractivity contribution in [2.24, 2.45) is 0 Å². The lowest BCUT2D eigenvalue weighted by Crippen LogP contribution is -2.21. The molecule has 0 radical (unpaired) electrons. The number of aromatic nitrogens is 4. The van der Waals surface area contributed by atoms with Crippen LogP contribution >= 0.6 is 11.8 Å². The van der Waals surface area contributed by atoms with E-state index in [2.05, 4.69) is 29.1 Å². The van der Waals surface area contributed by atoms with E-state index >= 15 is 0 Å². The molecule has 0 unspecified atom stereocenters. The lowest BCUT2D eigenvalue weighted by Gasteiger charge is -2.20. The summed E-state index contributed by atoms with van der Waals surface area (Å²) in [7, 11) is 0. The van der Waals surface area contributed by atoms with E-state index in [0.29, 0.717) is 17.4 Å². The smallest absolute Gasteiger partial charge is 0.246 e. The number of fused-ring (bicyclic) bond motifs is 1. The molecule has 0 bridgehead atoms. The summed E-state index contributed by atoms with van der Waals surface area (Å²) >= 11 is 1.78. The molecule has 0 saturated heterocycles. The molecule has 4 rings (SSSR count). The van der Waals surface area contributed by atoms with Crippen molar-refractivity contribution in [3.63, 3.8) is 0 Å². The first-order valence-corrected chi connectivity index (χ1v) is 9.75. The summed E-state index contributed by atoms with van der Waals surface area (Å²) in [5, 5.41) is 6.04. The highest BCUT2D eigenvalue weighted by Gasteiger charge is 2.19. The van der Waals surface area contributed by atoms with Crippen molar-refractivity contribution in [2.75, 3.05) is 0 Å². The Morgan fingerprint density at radius 2 is 2.08 bits per heavy atom. The van der Waals surface area contributed by atoms with Gasteiger partial charge in [0.2, 0.25) is 0 Å². The molecule has 0 N–H and O–H groups in total. The molecule has 5 nitrogen and oxygen atoms in total. The van der Waals surface area contributed by atoms with Gasteiger partial charge < -0.3 is 0 Å². The molecule has 1 saturated carbocycles. The molecule has 0 atom stereocenters. The molecule has 130 valence electrons. The van der Waals surface area contributed by atoms with E-state index in [1.165, 1.54) is 42.3 Å². The lowest BCUT2D eigenvalue weighted by atomic mass is 10.0. The molecule has 0 aliphatic heterocycles. The summed E-state index contributed by atoms with van der Waals surface area (Å²) in [5.74, 6) is 0. The standard InChI is InChI=1S/C19H22N4OS/c1-14-6-5-7-15(12-14)13-23-19(24)22-11-10-20-18(17(22)21-23)25-16-8-3-2-4-9-16/h5-7,10-12,16H,2-4,8-9,13H2,1H3. The third-order valence-corrected chi connectivity index (χ3v) is 6.03. The molecular weight excluding hydrogens is 332 g/mol. The molecule has 0 spiro atoms. The summed E-state index contributed by atoms with van der Waals surface area (Å²) < 4.78 is 3.16. The zero-order chi connectivity index (χ0) is 17.2. The van der Waals surface area contributed by atoms with Crippen LogP contribution in [0.25, 0.3) is 5.65 Å². The lowest BCUT2D eigenvalue weighted by molar-refractivity contribution is 0.516. The number of hydrogen-bond acceptors (Lipinski definition) is 4. The zero-order valence-electron chi connectivity index (χ0n) is 14.4. The number of benzene rings is 1. The second kappa shape index (κ2) is 7.04. The Kier molecular flexibility index (Phi) is 4.61. The minimum atomic E-state index is -0.107. The molecule has 1 aliphatic rings. The third-order valence-electron chi connectivity index (χ3n) is 4.71. The van der Waals surface area contributed by atoms with Crippen molar-refractivity contribution in [3.05, 3.63) is 58.3 Å². The summed E-state index contributed by atoms with van der Waals surface area (Å²) in [5.41, 5.74) is 2.84. The van der Waals surface area contributed by atoms with Gasteiger partial charge in [-0.2, -0.15) is 0 Å². The Hall–Kier alpha value is -2.08. The Labute approximate surface area is 151 Å². The van der Waals surface area contributed by atoms with E-state index < -0.39 is 0 Å². The van der Waals surface area contributed by atoms with Crippen LogP contribution in [0.15, 0.2) is 46.5 Å². The van der Waals surface area contributed by atoms with Gasteiger partial charge >= 0.3 is 5.69 Å². The minimum Gasteiger partial charge on any atom is -0.246 e. The van der Waals surface area contributed by atoms with Gasteiger partial charge in [0.1, 0.15) is 5.03 Å². The second-order valence-electron chi connectivity index (χ2n) is 6.73. The van der Waals surface area contributed by atoms with Crippen LogP contribution in [0.2, 0.25) is 0 Å². The number of nitrogens with zero attached hydrogens (tertiary/aromatic N) is 4. The van der Waals surface area contributed by atoms with Gasteiger partial charge in [-0.25, -0.2) is 18.9 Å². The first-order chi connectivity index (χ1) is 12.2. The van der Waals surface area contributed by atoms with E-state index in [-0.39, 0.29) is 5.69 Å². The highest BCUT2D eigenvalue weighted by molar-refractivity contribution is 8.00. The van der Waals surface area contributed by atoms with Gasteiger partial charge in [0.25, 0.3) is 0 Å². The van der Waals surface area contributed by atoms with Crippen LogP contribution in [-0.2, 0) is 6.54 Å². The van der Waals surface area contributed by atoms with Crippen LogP contribution in [0.3, 0.4) is 0 Å². The fraction of sp³-hybridized carbons (Fsp3) is 0.421. The van der Waals surface area contributed by atoms with Crippen molar-refractivity contribution in [1.82, 2.24) is 19.2 Å². The van der Waals surface area contributed by atoms with Crippen molar-refractivity contribution in [1.29, 1.82) is 0 Å². The Balaban J connectivity index is 1.66. The predicted octanol–water partition coefficient (Wildman–Crippen LogP) is 3.67. The summed E-state index contributed by atoms with van der Waals surface area (Å²) in [6.07, 6.45) is 9.77. The average Bonchev–Trinajstić information content (AvgIpc) is 2.93. The number of aryl methyl sites for hydroxylation is 1. The predicted molar refractivity (Wildman–Crippen MR) is 100 cm³/mol. The van der Waals surface area contributed by atoms with Gasteiger partial charge in [-0.1, -0.05) is 60.9 Å². The van der Waals surface area contributed by atoms with E-state index in [9.17, 15) is 4.79 Å². The second-order valence-corrected chi connectivity index (χ2v) is 8.02. The van der Waals surface area contributed by atoms with Gasteiger partial charge in [0.05, 0.1) is 6.54 Å². The maximum Gasteiger partial charge on any atom is 0.350 e. The van der Waals surface area contributed by atoms with E-state index in [1.54, 1.807) is 28.6 Å². The normalized spacial score (nSPS) is 15.7. The fourth-order valence-corrected chi connectivity index (χ4v) is 4.69. The summed E-state index contributed by atoms with van der Waals surface area (Å²) in [4.78, 5) is 17.2. The Morgan fingerprint density at radius 1 is 1.24 bits per heavy atom. The summed E-state index contributed by atoms with van der Waals surface area (Å²) in [6, 6.07) is 8.18. The van der Waals surface area contributed by atoms with Gasteiger partial charge in [-0.05, 0) is 25.3 Å². The van der Waals surface area contributed by atoms with Crippen molar-refractivity contribution >= 4 is 17.4 Å². The first-order valence-electron chi connectivity index (χ1n) is 8.87. The van der Waals surface area contributed by atoms with Gasteiger partial charge in [0.15, 0.2) is 5.65 Å². The molecule has 0 amide bonds. The van der Waals surface area contributed by atoms with Crippen LogP contribution in [0, 0.1) is 6.92 Å². The van der Waals surface area contributed by atoms with E-state index in [1.807, 2.05) is 12.1 Å². The number of rotatable bonds is 4. The van der Waals surface area contributed by atoms with Crippen LogP contribution in [0.5, 0.6) is 0 Å². The van der Waals surface area contributed by atoms with Crippen molar-refractivity contribution < 1.29 is 0 Å². The van der Waals surface area contributed by atoms with Gasteiger partial charge in [-0.3, -0.25) is 0 Å². The highest BCUT2D eigenvalue weighted by atomic mass is 32.2. The maximum atomic E-state index is 12.7. The van der Waals surface area contributed by atoms with Crippen LogP contribution in [-0.4, -0.2) is 24.4 Å². The summed E-state index contributed by atoms with van der Waals surface area (Å²) in [6.45, 7) is 2.54. The SMILES string of the molecule is Cc1cccc(Cn2nc3c(SC4CCCCC4)nccn3c2=O)c1. The van der Waals surface area contributed by atoms with Gasteiger partial charge in [0, 0.05) is 17.6 Å². The fourth-order valence-electron chi connectivity index (χ4n) is 3.44. The highest BCUT2D eigenvalue weighted by Crippen LogP contribution is 2.33. The van der Waals surface area contributed by atoms with Crippen LogP contribution < -0.4 is 5.69 Å². The van der Waals surface area contributed by atoms with Crippen LogP contribution in [0.1, 0.15) is 43.2 Å². The maximum absolute atomic E-state index is 12.7. The quantitative estimate of drug-likeness (QED) is 0.717. The number of thioether (sulfide) groups is 1. The molecule has 1 aliphatic carbocycles. The molecule has 6 heteroatoms. The van der Waals surface area contributed by atoms with Crippen molar-refractivity contribution in [3.8, 4) is 0 Å². The molecule has 2 heterocycles. The Morgan fingerprint density at radius 3 is 2.88 bits per heavy atom.